The Morgan fingerprint density at radius 1 is 1.40 bits per heavy atom. The van der Waals surface area contributed by atoms with E-state index in [1.54, 1.807) is 31.5 Å². The largest absolute Gasteiger partial charge is 0.507 e. The van der Waals surface area contributed by atoms with Crippen LogP contribution in [0.4, 0.5) is 0 Å². The number of hydrogen-bond acceptors (Lipinski definition) is 5. The number of benzene rings is 1. The van der Waals surface area contributed by atoms with Crippen LogP contribution in [0.25, 0.3) is 0 Å². The summed E-state index contributed by atoms with van der Waals surface area (Å²) < 4.78 is 10.4. The zero-order chi connectivity index (χ0) is 14.2. The molecule has 1 N–H and O–H groups in total. The molecule has 20 heavy (non-hydrogen) atoms. The highest BCUT2D eigenvalue weighted by Crippen LogP contribution is 2.21. The average molecular weight is 278 g/mol. The van der Waals surface area contributed by atoms with Gasteiger partial charge in [-0.15, -0.1) is 0 Å². The van der Waals surface area contributed by atoms with E-state index >= 15 is 0 Å². The summed E-state index contributed by atoms with van der Waals surface area (Å²) in [5, 5.41) is 9.72. The van der Waals surface area contributed by atoms with Gasteiger partial charge in [0.15, 0.2) is 0 Å². The van der Waals surface area contributed by atoms with Crippen molar-refractivity contribution in [3.05, 3.63) is 23.8 Å². The molecule has 0 atom stereocenters. The zero-order valence-corrected chi connectivity index (χ0v) is 11.9. The Bertz CT molecular complexity index is 443. The number of aromatic hydroxyl groups is 1. The molecule has 0 bridgehead atoms. The topological polar surface area (TPSA) is 54.3 Å². The van der Waals surface area contributed by atoms with Gasteiger partial charge in [0.05, 0.1) is 20.3 Å². The monoisotopic (exact) mass is 278 g/mol. The molecular weight excluding hydrogens is 256 g/mol. The number of rotatable bonds is 6. The molecule has 1 heterocycles. The highest BCUT2D eigenvalue weighted by Gasteiger charge is 2.08. The zero-order valence-electron chi connectivity index (χ0n) is 11.9. The second-order valence-corrected chi connectivity index (χ2v) is 4.77. The number of phenolic OH excluding ortho intramolecular Hbond substituents is 1. The first-order valence-electron chi connectivity index (χ1n) is 6.96. The minimum absolute atomic E-state index is 0.225. The van der Waals surface area contributed by atoms with E-state index in [-0.39, 0.29) is 5.75 Å². The molecule has 0 radical (unpaired) electrons. The quantitative estimate of drug-likeness (QED) is 0.633. The molecule has 5 nitrogen and oxygen atoms in total. The second-order valence-electron chi connectivity index (χ2n) is 4.77. The van der Waals surface area contributed by atoms with Crippen LogP contribution in [0, 0.1) is 0 Å². The van der Waals surface area contributed by atoms with Gasteiger partial charge >= 0.3 is 0 Å². The number of morpholine rings is 1. The number of hydrogen-bond donors (Lipinski definition) is 1. The fraction of sp³-hybridized carbons (Fsp3) is 0.533. The fourth-order valence-corrected chi connectivity index (χ4v) is 2.14. The summed E-state index contributed by atoms with van der Waals surface area (Å²) in [5.74, 6) is 0.945. The number of aliphatic imine (C=N–C) groups is 1. The highest BCUT2D eigenvalue weighted by molar-refractivity contribution is 5.84. The van der Waals surface area contributed by atoms with E-state index in [2.05, 4.69) is 9.89 Å². The molecule has 1 fully saturated rings. The Labute approximate surface area is 119 Å². The molecule has 1 aliphatic heterocycles. The van der Waals surface area contributed by atoms with Crippen LogP contribution in [0.1, 0.15) is 12.0 Å². The van der Waals surface area contributed by atoms with Crippen LogP contribution < -0.4 is 4.74 Å². The molecule has 0 unspecified atom stereocenters. The van der Waals surface area contributed by atoms with Crippen LogP contribution in [0.3, 0.4) is 0 Å². The normalized spacial score (nSPS) is 16.6. The van der Waals surface area contributed by atoms with Crippen molar-refractivity contribution in [3.63, 3.8) is 0 Å². The van der Waals surface area contributed by atoms with E-state index in [1.807, 2.05) is 0 Å². The van der Waals surface area contributed by atoms with Crippen LogP contribution in [0.2, 0.25) is 0 Å². The van der Waals surface area contributed by atoms with Crippen LogP contribution >= 0.6 is 0 Å². The lowest BCUT2D eigenvalue weighted by Crippen LogP contribution is -2.37. The van der Waals surface area contributed by atoms with Crippen molar-refractivity contribution < 1.29 is 14.6 Å². The molecular formula is C15H22N2O3. The third kappa shape index (κ3) is 4.51. The van der Waals surface area contributed by atoms with Gasteiger partial charge in [0.25, 0.3) is 0 Å². The summed E-state index contributed by atoms with van der Waals surface area (Å²) in [6, 6.07) is 5.12. The Balaban J connectivity index is 1.75. The predicted octanol–water partition coefficient (Wildman–Crippen LogP) is 1.54. The summed E-state index contributed by atoms with van der Waals surface area (Å²) in [4.78, 5) is 6.75. The molecule has 110 valence electrons. The van der Waals surface area contributed by atoms with Crippen molar-refractivity contribution >= 4 is 6.21 Å². The van der Waals surface area contributed by atoms with E-state index in [0.29, 0.717) is 5.56 Å². The molecule has 0 aromatic heterocycles. The van der Waals surface area contributed by atoms with E-state index in [1.165, 1.54) is 0 Å². The molecule has 0 aliphatic carbocycles. The third-order valence-corrected chi connectivity index (χ3v) is 3.33. The maximum Gasteiger partial charge on any atom is 0.124 e. The molecule has 1 aromatic rings. The highest BCUT2D eigenvalue weighted by atomic mass is 16.5. The van der Waals surface area contributed by atoms with Crippen molar-refractivity contribution in [1.29, 1.82) is 0 Å². The van der Waals surface area contributed by atoms with Crippen LogP contribution in [-0.2, 0) is 4.74 Å². The lowest BCUT2D eigenvalue weighted by atomic mass is 10.2. The van der Waals surface area contributed by atoms with Crippen molar-refractivity contribution in [2.75, 3.05) is 46.5 Å². The van der Waals surface area contributed by atoms with Crippen LogP contribution in [0.5, 0.6) is 11.5 Å². The number of methoxy groups -OCH3 is 1. The van der Waals surface area contributed by atoms with Gasteiger partial charge in [-0.05, 0) is 24.6 Å². The summed E-state index contributed by atoms with van der Waals surface area (Å²) in [6.07, 6.45) is 2.72. The van der Waals surface area contributed by atoms with Crippen LogP contribution in [-0.4, -0.2) is 62.7 Å². The molecule has 0 amide bonds. The summed E-state index contributed by atoms with van der Waals surface area (Å²) in [6.45, 7) is 5.50. The average Bonchev–Trinajstić information content (AvgIpc) is 2.50. The summed E-state index contributed by atoms with van der Waals surface area (Å²) >= 11 is 0. The lowest BCUT2D eigenvalue weighted by molar-refractivity contribution is 0.0377. The number of nitrogens with zero attached hydrogens (tertiary/aromatic N) is 2. The standard InChI is InChI=1S/C15H22N2O3/c1-19-14-3-4-15(18)13(11-14)12-16-5-2-6-17-7-9-20-10-8-17/h3-4,11-12,18H,2,5-10H2,1H3. The first-order chi connectivity index (χ1) is 9.79. The minimum Gasteiger partial charge on any atom is -0.507 e. The molecule has 2 rings (SSSR count). The number of ether oxygens (including phenoxy) is 2. The van der Waals surface area contributed by atoms with E-state index in [4.69, 9.17) is 9.47 Å². The van der Waals surface area contributed by atoms with Gasteiger partial charge in [0.2, 0.25) is 0 Å². The summed E-state index contributed by atoms with van der Waals surface area (Å²) in [7, 11) is 1.61. The van der Waals surface area contributed by atoms with Gasteiger partial charge in [0, 0.05) is 38.0 Å². The predicted molar refractivity (Wildman–Crippen MR) is 79.0 cm³/mol. The first kappa shape index (κ1) is 14.8. The van der Waals surface area contributed by atoms with Crippen molar-refractivity contribution in [2.45, 2.75) is 6.42 Å². The van der Waals surface area contributed by atoms with E-state index in [0.717, 1.165) is 51.6 Å². The Kier molecular flexibility index (Phi) is 5.83. The van der Waals surface area contributed by atoms with Gasteiger partial charge in [-0.2, -0.15) is 0 Å². The molecule has 0 saturated carbocycles. The molecule has 1 aliphatic rings. The van der Waals surface area contributed by atoms with Gasteiger partial charge in [-0.3, -0.25) is 9.89 Å². The van der Waals surface area contributed by atoms with Crippen molar-refractivity contribution in [2.24, 2.45) is 4.99 Å². The smallest absolute Gasteiger partial charge is 0.124 e. The van der Waals surface area contributed by atoms with Crippen molar-refractivity contribution in [1.82, 2.24) is 4.90 Å². The maximum atomic E-state index is 9.72. The van der Waals surface area contributed by atoms with Crippen molar-refractivity contribution in [3.8, 4) is 11.5 Å². The van der Waals surface area contributed by atoms with Gasteiger partial charge in [-0.1, -0.05) is 0 Å². The third-order valence-electron chi connectivity index (χ3n) is 3.33. The Morgan fingerprint density at radius 2 is 2.20 bits per heavy atom. The second kappa shape index (κ2) is 7.87. The van der Waals surface area contributed by atoms with E-state index < -0.39 is 0 Å². The Morgan fingerprint density at radius 3 is 2.95 bits per heavy atom. The summed E-state index contributed by atoms with van der Waals surface area (Å²) in [5.41, 5.74) is 0.690. The molecule has 0 spiro atoms. The van der Waals surface area contributed by atoms with Gasteiger partial charge < -0.3 is 14.6 Å². The Hall–Kier alpha value is -1.59. The molecule has 1 aromatic carbocycles. The lowest BCUT2D eigenvalue weighted by Gasteiger charge is -2.26. The fourth-order valence-electron chi connectivity index (χ4n) is 2.14. The minimum atomic E-state index is 0.225. The SMILES string of the molecule is COc1ccc(O)c(C=NCCCN2CCOCC2)c1. The van der Waals surface area contributed by atoms with Gasteiger partial charge in [-0.25, -0.2) is 0 Å². The number of phenols is 1. The molecule has 5 heteroatoms. The maximum absolute atomic E-state index is 9.72. The first-order valence-corrected chi connectivity index (χ1v) is 6.96. The van der Waals surface area contributed by atoms with E-state index in [9.17, 15) is 5.11 Å². The molecule has 1 saturated heterocycles. The van der Waals surface area contributed by atoms with Gasteiger partial charge in [0.1, 0.15) is 11.5 Å². The van der Waals surface area contributed by atoms with Crippen LogP contribution in [0.15, 0.2) is 23.2 Å².